The quantitative estimate of drug-likeness (QED) is 0.811. The van der Waals surface area contributed by atoms with E-state index >= 15 is 0 Å². The van der Waals surface area contributed by atoms with E-state index in [1.54, 1.807) is 23.7 Å². The minimum atomic E-state index is -0.351. The summed E-state index contributed by atoms with van der Waals surface area (Å²) < 4.78 is 21.1. The van der Waals surface area contributed by atoms with Gasteiger partial charge in [-0.1, -0.05) is 12.1 Å². The van der Waals surface area contributed by atoms with E-state index in [1.807, 2.05) is 6.92 Å². The molecule has 0 amide bonds. The Morgan fingerprint density at radius 3 is 2.73 bits per heavy atom. The first-order valence-corrected chi connectivity index (χ1v) is 10.4. The van der Waals surface area contributed by atoms with Crippen molar-refractivity contribution in [2.75, 3.05) is 24.6 Å². The van der Waals surface area contributed by atoms with Crippen LogP contribution in [0.3, 0.4) is 0 Å². The number of piperidine rings is 1. The first-order valence-electron chi connectivity index (χ1n) is 10.4. The van der Waals surface area contributed by atoms with Crippen molar-refractivity contribution in [2.24, 2.45) is 23.2 Å². The molecule has 0 bridgehead atoms. The summed E-state index contributed by atoms with van der Waals surface area (Å²) in [6.45, 7) is 4.62. The van der Waals surface area contributed by atoms with Crippen LogP contribution in [-0.2, 0) is 18.3 Å². The third-order valence-electron chi connectivity index (χ3n) is 6.95. The average molecular weight is 411 g/mol. The molecule has 2 atom stereocenters. The van der Waals surface area contributed by atoms with Gasteiger partial charge in [-0.05, 0) is 31.9 Å². The van der Waals surface area contributed by atoms with Gasteiger partial charge in [0.1, 0.15) is 5.82 Å². The van der Waals surface area contributed by atoms with Gasteiger partial charge >= 0.3 is 0 Å². The number of fused-ring (bicyclic) bond motifs is 1. The van der Waals surface area contributed by atoms with Crippen LogP contribution in [0.4, 0.5) is 10.3 Å². The highest BCUT2D eigenvalue weighted by atomic mass is 19.1. The fraction of sp³-hybridized carbons (Fsp3) is 0.500. The van der Waals surface area contributed by atoms with Crippen molar-refractivity contribution in [3.05, 3.63) is 57.3 Å². The monoisotopic (exact) mass is 411 g/mol. The normalized spacial score (nSPS) is 24.9. The molecule has 7 nitrogen and oxygen atoms in total. The Morgan fingerprint density at radius 1 is 1.30 bits per heavy atom. The van der Waals surface area contributed by atoms with E-state index in [2.05, 4.69) is 9.89 Å². The molecule has 2 aromatic rings. The lowest BCUT2D eigenvalue weighted by molar-refractivity contribution is 0.0973. The maximum Gasteiger partial charge on any atom is 0.264 e. The third kappa shape index (κ3) is 2.89. The largest absolute Gasteiger partial charge is 0.376 e. The second-order valence-electron chi connectivity index (χ2n) is 8.66. The Labute approximate surface area is 174 Å². The van der Waals surface area contributed by atoms with Crippen molar-refractivity contribution in [2.45, 2.75) is 38.5 Å². The van der Waals surface area contributed by atoms with E-state index in [1.165, 1.54) is 12.1 Å². The smallest absolute Gasteiger partial charge is 0.264 e. The molecule has 3 aliphatic heterocycles. The molecule has 5 rings (SSSR count). The van der Waals surface area contributed by atoms with Gasteiger partial charge in [0.2, 0.25) is 5.95 Å². The van der Waals surface area contributed by atoms with Crippen molar-refractivity contribution in [3.8, 4) is 0 Å². The highest BCUT2D eigenvalue weighted by Crippen LogP contribution is 2.41. The summed E-state index contributed by atoms with van der Waals surface area (Å²) in [5.74, 6) is 0.306. The average Bonchev–Trinajstić information content (AvgIpc) is 3.29. The zero-order valence-corrected chi connectivity index (χ0v) is 17.3. The van der Waals surface area contributed by atoms with Crippen LogP contribution in [0, 0.1) is 11.2 Å². The molecule has 2 fully saturated rings. The molecule has 4 heterocycles. The zero-order valence-electron chi connectivity index (χ0n) is 17.3. The number of hydrogen-bond donors (Lipinski definition) is 1. The minimum Gasteiger partial charge on any atom is -0.376 e. The molecule has 158 valence electrons. The van der Waals surface area contributed by atoms with Crippen LogP contribution < -0.4 is 16.2 Å². The van der Waals surface area contributed by atoms with Crippen LogP contribution in [-0.4, -0.2) is 47.1 Å². The van der Waals surface area contributed by atoms with Gasteiger partial charge in [0.05, 0.1) is 36.2 Å². The summed E-state index contributed by atoms with van der Waals surface area (Å²) >= 11 is 0. The number of aromatic nitrogens is 2. The maximum atomic E-state index is 13.7. The Morgan fingerprint density at radius 2 is 2.07 bits per heavy atom. The van der Waals surface area contributed by atoms with Crippen LogP contribution in [0.2, 0.25) is 0 Å². The van der Waals surface area contributed by atoms with Crippen molar-refractivity contribution in [3.63, 3.8) is 0 Å². The summed E-state index contributed by atoms with van der Waals surface area (Å²) in [5, 5.41) is 0. The van der Waals surface area contributed by atoms with Crippen molar-refractivity contribution in [1.29, 1.82) is 0 Å². The molecule has 30 heavy (non-hydrogen) atoms. The van der Waals surface area contributed by atoms with Crippen molar-refractivity contribution < 1.29 is 9.13 Å². The molecule has 0 radical (unpaired) electrons. The molecule has 0 aliphatic carbocycles. The van der Waals surface area contributed by atoms with Crippen LogP contribution in [0.5, 0.6) is 0 Å². The zero-order chi connectivity index (χ0) is 21.0. The van der Waals surface area contributed by atoms with E-state index < -0.39 is 0 Å². The number of nitrogens with zero attached hydrogens (tertiary/aromatic N) is 4. The predicted octanol–water partition coefficient (Wildman–Crippen LogP) is 1.60. The van der Waals surface area contributed by atoms with E-state index in [0.717, 1.165) is 25.9 Å². The van der Waals surface area contributed by atoms with E-state index in [9.17, 15) is 9.18 Å². The summed E-state index contributed by atoms with van der Waals surface area (Å²) in [6, 6.07) is 6.21. The fourth-order valence-corrected chi connectivity index (χ4v) is 5.00. The van der Waals surface area contributed by atoms with Gasteiger partial charge in [-0.2, -0.15) is 0 Å². The lowest BCUT2D eigenvalue weighted by Crippen LogP contribution is -2.51. The lowest BCUT2D eigenvalue weighted by atomic mass is 9.73. The molecule has 1 aromatic heterocycles. The number of rotatable bonds is 2. The molecular weight excluding hydrogens is 385 g/mol. The molecule has 0 unspecified atom stereocenters. The number of nitrogens with two attached hydrogens (primary N) is 1. The highest BCUT2D eigenvalue weighted by Gasteiger charge is 2.48. The predicted molar refractivity (Wildman–Crippen MR) is 112 cm³/mol. The number of aliphatic imine (C=N–C) groups is 1. The fourth-order valence-electron chi connectivity index (χ4n) is 5.00. The van der Waals surface area contributed by atoms with Gasteiger partial charge in [-0.3, -0.25) is 14.4 Å². The number of anilines is 1. The molecule has 3 aliphatic rings. The molecule has 8 heteroatoms. The van der Waals surface area contributed by atoms with Gasteiger partial charge in [-0.25, -0.2) is 9.37 Å². The van der Waals surface area contributed by atoms with Crippen molar-refractivity contribution >= 4 is 11.7 Å². The first kappa shape index (κ1) is 19.4. The van der Waals surface area contributed by atoms with Gasteiger partial charge in [0, 0.05) is 37.2 Å². The van der Waals surface area contributed by atoms with E-state index in [0.29, 0.717) is 41.6 Å². The maximum absolute atomic E-state index is 13.7. The summed E-state index contributed by atoms with van der Waals surface area (Å²) in [7, 11) is 1.74. The third-order valence-corrected chi connectivity index (χ3v) is 6.95. The lowest BCUT2D eigenvalue weighted by Gasteiger charge is -2.41. The number of halogens is 1. The van der Waals surface area contributed by atoms with Crippen molar-refractivity contribution in [1.82, 2.24) is 9.55 Å². The van der Waals surface area contributed by atoms with E-state index in [4.69, 9.17) is 15.5 Å². The van der Waals surface area contributed by atoms with Gasteiger partial charge in [0.15, 0.2) is 0 Å². The van der Waals surface area contributed by atoms with E-state index in [-0.39, 0.29) is 28.9 Å². The summed E-state index contributed by atoms with van der Waals surface area (Å²) in [4.78, 5) is 24.7. The SMILES string of the molecule is C[C@@H]1OCC2(CCN(c3nc4c(c(=O)n3C)C(c3cccc(F)c3)=NC4)CC2)[C@@H]1N. The Hall–Kier alpha value is -2.58. The highest BCUT2D eigenvalue weighted by molar-refractivity contribution is 6.14. The van der Waals surface area contributed by atoms with Crippen LogP contribution >= 0.6 is 0 Å². The Bertz CT molecular complexity index is 1090. The number of ether oxygens (including phenoxy) is 1. The Balaban J connectivity index is 1.43. The van der Waals surface area contributed by atoms with Gasteiger partial charge < -0.3 is 15.4 Å². The molecular formula is C22H26FN5O2. The molecule has 1 spiro atoms. The Kier molecular flexibility index (Phi) is 4.52. The number of benzene rings is 1. The van der Waals surface area contributed by atoms with Crippen LogP contribution in [0.25, 0.3) is 0 Å². The molecule has 1 aromatic carbocycles. The molecule has 0 saturated carbocycles. The van der Waals surface area contributed by atoms with Crippen LogP contribution in [0.1, 0.15) is 36.6 Å². The standard InChI is InChI=1S/C22H26FN5O2/c1-13-19(24)22(12-30-13)6-8-28(9-7-22)21-26-16-11-25-18(17(16)20(29)27(21)2)14-4-3-5-15(23)10-14/h3-5,10,13,19H,6-9,11-12,24H2,1-2H3/t13-,19+/m0/s1. The van der Waals surface area contributed by atoms with Gasteiger partial charge in [-0.15, -0.1) is 0 Å². The second-order valence-corrected chi connectivity index (χ2v) is 8.66. The molecule has 2 N–H and O–H groups in total. The first-order chi connectivity index (χ1) is 14.4. The minimum absolute atomic E-state index is 0.0131. The second kappa shape index (κ2) is 6.99. The summed E-state index contributed by atoms with van der Waals surface area (Å²) in [5.41, 5.74) is 8.54. The topological polar surface area (TPSA) is 85.7 Å². The molecule has 2 saturated heterocycles. The van der Waals surface area contributed by atoms with Crippen LogP contribution in [0.15, 0.2) is 34.1 Å². The summed E-state index contributed by atoms with van der Waals surface area (Å²) in [6.07, 6.45) is 1.91. The number of hydrogen-bond acceptors (Lipinski definition) is 6. The van der Waals surface area contributed by atoms with Gasteiger partial charge in [0.25, 0.3) is 5.56 Å².